The molecule has 0 aliphatic carbocycles. The standard InChI is InChI=1S/C13H16N2O/c1-13(6-8-16-9-7-13)15-12-5-3-2-4-11(12)10-14/h2-5,15H,6-9H2,1H3. The molecule has 0 spiro atoms. The Morgan fingerprint density at radius 3 is 2.69 bits per heavy atom. The van der Waals surface area contributed by atoms with Crippen molar-refractivity contribution in [2.24, 2.45) is 0 Å². The van der Waals surface area contributed by atoms with Gasteiger partial charge in [0.25, 0.3) is 0 Å². The molecule has 1 fully saturated rings. The molecule has 16 heavy (non-hydrogen) atoms. The lowest BCUT2D eigenvalue weighted by Crippen LogP contribution is -2.40. The second-order valence-electron chi connectivity index (χ2n) is 4.46. The van der Waals surface area contributed by atoms with Gasteiger partial charge in [-0.05, 0) is 31.9 Å². The van der Waals surface area contributed by atoms with Crippen LogP contribution in [0.1, 0.15) is 25.3 Å². The van der Waals surface area contributed by atoms with Crippen LogP contribution >= 0.6 is 0 Å². The third kappa shape index (κ3) is 2.34. The van der Waals surface area contributed by atoms with Gasteiger partial charge in [0, 0.05) is 18.8 Å². The highest BCUT2D eigenvalue weighted by molar-refractivity contribution is 5.58. The van der Waals surface area contributed by atoms with Crippen molar-refractivity contribution in [3.05, 3.63) is 29.8 Å². The van der Waals surface area contributed by atoms with Gasteiger partial charge in [-0.2, -0.15) is 5.26 Å². The second-order valence-corrected chi connectivity index (χ2v) is 4.46. The smallest absolute Gasteiger partial charge is 0.101 e. The molecule has 1 aliphatic heterocycles. The van der Waals surface area contributed by atoms with Gasteiger partial charge in [0.15, 0.2) is 0 Å². The van der Waals surface area contributed by atoms with Crippen molar-refractivity contribution in [1.29, 1.82) is 5.26 Å². The zero-order chi connectivity index (χ0) is 11.4. The quantitative estimate of drug-likeness (QED) is 0.826. The average molecular weight is 216 g/mol. The maximum Gasteiger partial charge on any atom is 0.101 e. The number of rotatable bonds is 2. The van der Waals surface area contributed by atoms with Crippen LogP contribution in [0.3, 0.4) is 0 Å². The van der Waals surface area contributed by atoms with Crippen LogP contribution in [0.5, 0.6) is 0 Å². The van der Waals surface area contributed by atoms with E-state index < -0.39 is 0 Å². The number of nitrogens with one attached hydrogen (secondary N) is 1. The Morgan fingerprint density at radius 1 is 1.31 bits per heavy atom. The summed E-state index contributed by atoms with van der Waals surface area (Å²) in [5, 5.41) is 12.5. The number of hydrogen-bond donors (Lipinski definition) is 1. The summed E-state index contributed by atoms with van der Waals surface area (Å²) in [6, 6.07) is 9.84. The fourth-order valence-electron chi connectivity index (χ4n) is 1.96. The first kappa shape index (κ1) is 11.0. The Morgan fingerprint density at radius 2 is 2.00 bits per heavy atom. The molecular formula is C13H16N2O. The van der Waals surface area contributed by atoms with Gasteiger partial charge in [-0.25, -0.2) is 0 Å². The van der Waals surface area contributed by atoms with Gasteiger partial charge < -0.3 is 10.1 Å². The van der Waals surface area contributed by atoms with Gasteiger partial charge in [-0.3, -0.25) is 0 Å². The van der Waals surface area contributed by atoms with Gasteiger partial charge in [0.1, 0.15) is 6.07 Å². The van der Waals surface area contributed by atoms with E-state index >= 15 is 0 Å². The van der Waals surface area contributed by atoms with E-state index in [9.17, 15) is 0 Å². The van der Waals surface area contributed by atoms with Crippen molar-refractivity contribution in [1.82, 2.24) is 0 Å². The number of hydrogen-bond acceptors (Lipinski definition) is 3. The molecule has 0 saturated carbocycles. The lowest BCUT2D eigenvalue weighted by molar-refractivity contribution is 0.0658. The van der Waals surface area contributed by atoms with E-state index in [1.807, 2.05) is 24.3 Å². The zero-order valence-electron chi connectivity index (χ0n) is 9.49. The minimum atomic E-state index is 0.0468. The maximum atomic E-state index is 9.02. The first-order valence-electron chi connectivity index (χ1n) is 5.59. The van der Waals surface area contributed by atoms with E-state index in [-0.39, 0.29) is 5.54 Å². The zero-order valence-corrected chi connectivity index (χ0v) is 9.49. The van der Waals surface area contributed by atoms with Crippen LogP contribution in [0.15, 0.2) is 24.3 Å². The van der Waals surface area contributed by atoms with Crippen molar-refractivity contribution in [2.75, 3.05) is 18.5 Å². The number of nitrogens with zero attached hydrogens (tertiary/aromatic N) is 1. The SMILES string of the molecule is CC1(Nc2ccccc2C#N)CCOCC1. The molecular weight excluding hydrogens is 200 g/mol. The Kier molecular flexibility index (Phi) is 3.12. The van der Waals surface area contributed by atoms with Crippen LogP contribution in [0.4, 0.5) is 5.69 Å². The summed E-state index contributed by atoms with van der Waals surface area (Å²) < 4.78 is 5.35. The lowest BCUT2D eigenvalue weighted by Gasteiger charge is -2.35. The molecule has 0 atom stereocenters. The molecule has 0 bridgehead atoms. The number of nitriles is 1. The fraction of sp³-hybridized carbons (Fsp3) is 0.462. The summed E-state index contributed by atoms with van der Waals surface area (Å²) in [6.07, 6.45) is 1.96. The topological polar surface area (TPSA) is 45.0 Å². The summed E-state index contributed by atoms with van der Waals surface area (Å²) in [6.45, 7) is 3.76. The summed E-state index contributed by atoms with van der Waals surface area (Å²) in [7, 11) is 0. The van der Waals surface area contributed by atoms with Crippen LogP contribution in [0.2, 0.25) is 0 Å². The minimum absolute atomic E-state index is 0.0468. The predicted octanol–water partition coefficient (Wildman–Crippen LogP) is 2.54. The molecule has 0 amide bonds. The molecule has 1 saturated heterocycles. The first-order chi connectivity index (χ1) is 7.73. The van der Waals surface area contributed by atoms with E-state index in [0.717, 1.165) is 31.7 Å². The van der Waals surface area contributed by atoms with Crippen molar-refractivity contribution in [3.63, 3.8) is 0 Å². The Labute approximate surface area is 96.0 Å². The monoisotopic (exact) mass is 216 g/mol. The second kappa shape index (κ2) is 4.54. The molecule has 3 heteroatoms. The van der Waals surface area contributed by atoms with Crippen LogP contribution in [-0.2, 0) is 4.74 Å². The molecule has 1 aliphatic rings. The number of para-hydroxylation sites is 1. The average Bonchev–Trinajstić information content (AvgIpc) is 2.30. The molecule has 1 N–H and O–H groups in total. The highest BCUT2D eigenvalue weighted by atomic mass is 16.5. The molecule has 2 rings (SSSR count). The molecule has 1 aromatic rings. The largest absolute Gasteiger partial charge is 0.381 e. The van der Waals surface area contributed by atoms with Crippen molar-refractivity contribution >= 4 is 5.69 Å². The Hall–Kier alpha value is -1.53. The van der Waals surface area contributed by atoms with Gasteiger partial charge in [-0.1, -0.05) is 12.1 Å². The van der Waals surface area contributed by atoms with Crippen molar-refractivity contribution < 1.29 is 4.74 Å². The number of benzene rings is 1. The van der Waals surface area contributed by atoms with Crippen molar-refractivity contribution in [2.45, 2.75) is 25.3 Å². The molecule has 3 nitrogen and oxygen atoms in total. The summed E-state index contributed by atoms with van der Waals surface area (Å²) in [5.41, 5.74) is 1.68. The summed E-state index contributed by atoms with van der Waals surface area (Å²) in [5.74, 6) is 0. The fourth-order valence-corrected chi connectivity index (χ4v) is 1.96. The third-order valence-corrected chi connectivity index (χ3v) is 3.08. The summed E-state index contributed by atoms with van der Waals surface area (Å²) in [4.78, 5) is 0. The number of ether oxygens (including phenoxy) is 1. The van der Waals surface area contributed by atoms with Gasteiger partial charge in [0.2, 0.25) is 0 Å². The molecule has 1 aromatic carbocycles. The van der Waals surface area contributed by atoms with E-state index in [1.165, 1.54) is 0 Å². The summed E-state index contributed by atoms with van der Waals surface area (Å²) >= 11 is 0. The van der Waals surface area contributed by atoms with E-state index in [0.29, 0.717) is 5.56 Å². The van der Waals surface area contributed by atoms with Crippen LogP contribution in [-0.4, -0.2) is 18.8 Å². The van der Waals surface area contributed by atoms with Gasteiger partial charge in [-0.15, -0.1) is 0 Å². The Balaban J connectivity index is 2.16. The molecule has 84 valence electrons. The van der Waals surface area contributed by atoms with Crippen LogP contribution in [0.25, 0.3) is 0 Å². The van der Waals surface area contributed by atoms with Crippen LogP contribution in [0, 0.1) is 11.3 Å². The van der Waals surface area contributed by atoms with E-state index in [4.69, 9.17) is 10.00 Å². The van der Waals surface area contributed by atoms with E-state index in [1.54, 1.807) is 0 Å². The van der Waals surface area contributed by atoms with Crippen LogP contribution < -0.4 is 5.32 Å². The predicted molar refractivity (Wildman–Crippen MR) is 63.2 cm³/mol. The van der Waals surface area contributed by atoms with Gasteiger partial charge in [0.05, 0.1) is 11.3 Å². The molecule has 0 unspecified atom stereocenters. The normalized spacial score (nSPS) is 18.8. The van der Waals surface area contributed by atoms with Gasteiger partial charge >= 0.3 is 0 Å². The maximum absolute atomic E-state index is 9.02. The lowest BCUT2D eigenvalue weighted by atomic mass is 9.92. The molecule has 0 aromatic heterocycles. The van der Waals surface area contributed by atoms with Crippen molar-refractivity contribution in [3.8, 4) is 6.07 Å². The minimum Gasteiger partial charge on any atom is -0.381 e. The molecule has 1 heterocycles. The van der Waals surface area contributed by atoms with E-state index in [2.05, 4.69) is 18.3 Å². The highest BCUT2D eigenvalue weighted by Crippen LogP contribution is 2.26. The highest BCUT2D eigenvalue weighted by Gasteiger charge is 2.27. The third-order valence-electron chi connectivity index (χ3n) is 3.08. The number of anilines is 1. The Bertz CT molecular complexity index is 403. The first-order valence-corrected chi connectivity index (χ1v) is 5.59. The molecule has 0 radical (unpaired) electrons.